The Labute approximate surface area is 202 Å². The van der Waals surface area contributed by atoms with Gasteiger partial charge in [0.05, 0.1) is 0 Å². The van der Waals surface area contributed by atoms with Gasteiger partial charge < -0.3 is 9.41 Å². The molecule has 0 aliphatic heterocycles. The van der Waals surface area contributed by atoms with E-state index in [0.717, 1.165) is 9.52 Å². The van der Waals surface area contributed by atoms with Gasteiger partial charge in [0.1, 0.15) is 0 Å². The third-order valence-electron chi connectivity index (χ3n) is 4.43. The number of hydrogen-bond acceptors (Lipinski definition) is 0. The molecule has 0 unspecified atom stereocenters. The average molecular weight is 503 g/mol. The van der Waals surface area contributed by atoms with Crippen LogP contribution in [0.3, 0.4) is 0 Å². The van der Waals surface area contributed by atoms with Crippen LogP contribution in [-0.4, -0.2) is 9.52 Å². The zero-order valence-electron chi connectivity index (χ0n) is 18.6. The first kappa shape index (κ1) is 30.8. The van der Waals surface area contributed by atoms with Crippen molar-refractivity contribution in [1.82, 2.24) is 0 Å². The number of fused-ring (bicyclic) bond motifs is 2. The summed E-state index contributed by atoms with van der Waals surface area (Å²) in [7, 11) is 0.750. The Hall–Kier alpha value is -1.38. The van der Waals surface area contributed by atoms with Crippen LogP contribution in [-0.2, 0) is 39.0 Å². The fourth-order valence-electron chi connectivity index (χ4n) is 3.30. The van der Waals surface area contributed by atoms with Crippen LogP contribution in [0.1, 0.15) is 37.8 Å². The van der Waals surface area contributed by atoms with E-state index >= 15 is 0 Å². The standard InChI is InChI=1S/2C12H13.C2H7Si.2FH.Zr/c2*1-2-5-10-8-11-6-3-4-7-12(11)9-10;1-3-2;;;/h2*3-4,6-9H,2,5H2,1H3;3H,1-2H3;2*1H;/q2*-1;;;;+4/p-2. The quantitative estimate of drug-likeness (QED) is 0.293. The Morgan fingerprint density at radius 3 is 1.30 bits per heavy atom. The van der Waals surface area contributed by atoms with Crippen molar-refractivity contribution in [3.8, 4) is 0 Å². The van der Waals surface area contributed by atoms with Gasteiger partial charge in [0.15, 0.2) is 0 Å². The van der Waals surface area contributed by atoms with Crippen LogP contribution >= 0.6 is 0 Å². The summed E-state index contributed by atoms with van der Waals surface area (Å²) in [6.45, 7) is 8.86. The fraction of sp³-hybridized carbons (Fsp3) is 0.308. The molecule has 4 rings (SSSR count). The van der Waals surface area contributed by atoms with Crippen molar-refractivity contribution in [3.63, 3.8) is 0 Å². The Bertz CT molecular complexity index is 785. The first-order valence-electron chi connectivity index (χ1n) is 10.2. The summed E-state index contributed by atoms with van der Waals surface area (Å²) in [5, 5.41) is 5.50. The van der Waals surface area contributed by atoms with Gasteiger partial charge in [0.25, 0.3) is 0 Å². The van der Waals surface area contributed by atoms with Crippen molar-refractivity contribution < 1.29 is 35.6 Å². The van der Waals surface area contributed by atoms with Crippen LogP contribution in [0.5, 0.6) is 0 Å². The second-order valence-electron chi connectivity index (χ2n) is 7.06. The third-order valence-corrected chi connectivity index (χ3v) is 4.43. The molecule has 0 amide bonds. The molecule has 0 aromatic heterocycles. The summed E-state index contributed by atoms with van der Waals surface area (Å²) in [6.07, 6.45) is 4.87. The summed E-state index contributed by atoms with van der Waals surface area (Å²) in [4.78, 5) is 0. The van der Waals surface area contributed by atoms with Gasteiger partial charge >= 0.3 is 26.2 Å². The van der Waals surface area contributed by atoms with Gasteiger partial charge in [-0.05, 0) is 12.8 Å². The molecule has 4 heteroatoms. The zero-order valence-corrected chi connectivity index (χ0v) is 22.2. The predicted molar refractivity (Wildman–Crippen MR) is 126 cm³/mol. The Kier molecular flexibility index (Phi) is 17.8. The number of aryl methyl sites for hydroxylation is 2. The Morgan fingerprint density at radius 1 is 0.667 bits per heavy atom. The van der Waals surface area contributed by atoms with E-state index < -0.39 is 0 Å². The van der Waals surface area contributed by atoms with E-state index in [4.69, 9.17) is 0 Å². The van der Waals surface area contributed by atoms with Crippen molar-refractivity contribution in [3.05, 3.63) is 83.9 Å². The summed E-state index contributed by atoms with van der Waals surface area (Å²) in [5.74, 6) is 0. The van der Waals surface area contributed by atoms with Crippen LogP contribution in [0.15, 0.2) is 72.8 Å². The largest absolute Gasteiger partial charge is 4.00 e. The van der Waals surface area contributed by atoms with E-state index in [-0.39, 0.29) is 35.6 Å². The van der Waals surface area contributed by atoms with Crippen LogP contribution in [0.25, 0.3) is 21.5 Å². The van der Waals surface area contributed by atoms with Gasteiger partial charge in [-0.2, -0.15) is 12.1 Å². The van der Waals surface area contributed by atoms with Gasteiger partial charge in [-0.15, -0.1) is 81.2 Å². The van der Waals surface area contributed by atoms with Gasteiger partial charge in [-0.1, -0.05) is 51.9 Å². The summed E-state index contributed by atoms with van der Waals surface area (Å²) in [5.41, 5.74) is 2.94. The molecule has 0 bridgehead atoms. The van der Waals surface area contributed by atoms with E-state index in [1.54, 1.807) is 0 Å². The zero-order chi connectivity index (χ0) is 19.5. The molecule has 4 aromatic rings. The number of benzene rings is 2. The van der Waals surface area contributed by atoms with Crippen molar-refractivity contribution in [2.24, 2.45) is 0 Å². The monoisotopic (exact) mass is 501 g/mol. The minimum Gasteiger partial charge on any atom is -1.00 e. The molecule has 0 heterocycles. The van der Waals surface area contributed by atoms with Crippen LogP contribution in [0, 0.1) is 0 Å². The molecule has 0 aliphatic carbocycles. The second kappa shape index (κ2) is 17.3. The molecular formula is C26H33F2SiZr. The average Bonchev–Trinajstić information content (AvgIpc) is 3.26. The van der Waals surface area contributed by atoms with Crippen LogP contribution < -0.4 is 9.41 Å². The molecule has 0 saturated carbocycles. The molecule has 0 fully saturated rings. The number of hydrogen-bond donors (Lipinski definition) is 0. The van der Waals surface area contributed by atoms with E-state index in [0.29, 0.717) is 0 Å². The minimum absolute atomic E-state index is 0. The predicted octanol–water partition coefficient (Wildman–Crippen LogP) is 1.55. The van der Waals surface area contributed by atoms with Crippen LogP contribution in [0.2, 0.25) is 13.1 Å². The van der Waals surface area contributed by atoms with Gasteiger partial charge in [-0.25, -0.2) is 0 Å². The maximum absolute atomic E-state index is 2.29. The summed E-state index contributed by atoms with van der Waals surface area (Å²) >= 11 is 0. The van der Waals surface area contributed by atoms with E-state index in [9.17, 15) is 0 Å². The van der Waals surface area contributed by atoms with E-state index in [2.05, 4.69) is 99.7 Å². The maximum atomic E-state index is 2.29. The van der Waals surface area contributed by atoms with Crippen LogP contribution in [0.4, 0.5) is 0 Å². The normalized spacial score (nSPS) is 9.20. The minimum atomic E-state index is 0. The smallest absolute Gasteiger partial charge is 1.00 e. The third kappa shape index (κ3) is 9.62. The molecular weight excluding hydrogens is 470 g/mol. The molecule has 0 spiro atoms. The molecule has 0 N–H and O–H groups in total. The summed E-state index contributed by atoms with van der Waals surface area (Å²) < 4.78 is 0. The molecule has 1 radical (unpaired) electrons. The van der Waals surface area contributed by atoms with E-state index in [1.165, 1.54) is 58.4 Å². The number of rotatable bonds is 4. The molecule has 0 saturated heterocycles. The topological polar surface area (TPSA) is 0 Å². The molecule has 30 heavy (non-hydrogen) atoms. The van der Waals surface area contributed by atoms with Crippen molar-refractivity contribution >= 4 is 31.1 Å². The molecule has 0 atom stereocenters. The molecule has 0 nitrogen and oxygen atoms in total. The summed E-state index contributed by atoms with van der Waals surface area (Å²) in [6, 6.07) is 26.2. The first-order valence-corrected chi connectivity index (χ1v) is 12.5. The van der Waals surface area contributed by atoms with Crippen molar-refractivity contribution in [2.45, 2.75) is 52.6 Å². The van der Waals surface area contributed by atoms with Crippen molar-refractivity contribution in [1.29, 1.82) is 0 Å². The first-order chi connectivity index (χ1) is 13.2. The van der Waals surface area contributed by atoms with E-state index in [1.807, 2.05) is 0 Å². The second-order valence-corrected chi connectivity index (χ2v) is 8.22. The molecule has 0 aliphatic rings. The fourth-order valence-corrected chi connectivity index (χ4v) is 3.30. The van der Waals surface area contributed by atoms with Gasteiger partial charge in [0, 0.05) is 9.52 Å². The Balaban J connectivity index is 0. The van der Waals surface area contributed by atoms with Gasteiger partial charge in [0.2, 0.25) is 0 Å². The molecule has 4 aromatic carbocycles. The SMILES string of the molecule is CCCc1cc2ccccc2[cH-]1.CCCc1cc2ccccc2[cH-]1.C[SiH]C.[F-].[F-].[Zr+4]. The number of halogens is 2. The Morgan fingerprint density at radius 2 is 1.00 bits per heavy atom. The van der Waals surface area contributed by atoms with Crippen molar-refractivity contribution in [2.75, 3.05) is 0 Å². The molecule has 159 valence electrons. The maximum Gasteiger partial charge on any atom is 4.00 e. The van der Waals surface area contributed by atoms with Gasteiger partial charge in [-0.3, -0.25) is 0 Å².